The van der Waals surface area contributed by atoms with E-state index in [9.17, 15) is 9.59 Å². The third-order valence-corrected chi connectivity index (χ3v) is 3.12. The summed E-state index contributed by atoms with van der Waals surface area (Å²) in [6, 6.07) is -0.922. The Bertz CT molecular complexity index is 277. The number of nitrogens with two attached hydrogens (primary N) is 1. The van der Waals surface area contributed by atoms with Crippen LogP contribution in [-0.2, 0) is 4.79 Å². The molecular formula is C11H22N4O2. The molecule has 1 aliphatic heterocycles. The summed E-state index contributed by atoms with van der Waals surface area (Å²) in [5.41, 5.74) is 5.08. The molecule has 1 aliphatic rings. The standard InChI is InChI=1S/C11H22N4O2/c1-3-4-9(14-11(12)17)10(16)15(2)8-5-6-13-7-8/h8-9,13H,3-7H2,1-2H3,(H3,12,14,17)/t8?,9-/m1/s1. The number of carbonyl (C=O) groups excluding carboxylic acids is 2. The number of nitrogens with zero attached hydrogens (tertiary/aromatic N) is 1. The highest BCUT2D eigenvalue weighted by molar-refractivity contribution is 5.86. The van der Waals surface area contributed by atoms with Crippen LogP contribution < -0.4 is 16.4 Å². The molecule has 98 valence electrons. The molecule has 0 aromatic heterocycles. The van der Waals surface area contributed by atoms with E-state index >= 15 is 0 Å². The second-order valence-electron chi connectivity index (χ2n) is 4.45. The summed E-state index contributed by atoms with van der Waals surface area (Å²) in [6.07, 6.45) is 2.40. The topological polar surface area (TPSA) is 87.5 Å². The molecule has 1 heterocycles. The number of nitrogens with one attached hydrogen (secondary N) is 2. The average molecular weight is 242 g/mol. The van der Waals surface area contributed by atoms with Crippen molar-refractivity contribution in [3.63, 3.8) is 0 Å². The molecule has 6 heteroatoms. The van der Waals surface area contributed by atoms with Crippen molar-refractivity contribution in [3.05, 3.63) is 0 Å². The predicted octanol–water partition coefficient (Wildman–Crippen LogP) is -0.356. The summed E-state index contributed by atoms with van der Waals surface area (Å²) in [7, 11) is 1.78. The first kappa shape index (κ1) is 13.8. The number of likely N-dealkylation sites (N-methyl/N-ethyl adjacent to an activating group) is 1. The number of hydrogen-bond acceptors (Lipinski definition) is 3. The van der Waals surface area contributed by atoms with Crippen molar-refractivity contribution in [2.24, 2.45) is 5.73 Å². The van der Waals surface area contributed by atoms with Crippen molar-refractivity contribution >= 4 is 11.9 Å². The number of primary amides is 1. The summed E-state index contributed by atoms with van der Waals surface area (Å²) in [6.45, 7) is 3.72. The van der Waals surface area contributed by atoms with Crippen LogP contribution in [-0.4, -0.2) is 49.1 Å². The van der Waals surface area contributed by atoms with Crippen molar-refractivity contribution in [2.45, 2.75) is 38.3 Å². The Hall–Kier alpha value is -1.30. The van der Waals surface area contributed by atoms with Crippen LogP contribution in [0.15, 0.2) is 0 Å². The van der Waals surface area contributed by atoms with Gasteiger partial charge in [-0.3, -0.25) is 4.79 Å². The molecule has 0 aromatic carbocycles. The molecule has 0 bridgehead atoms. The number of amides is 3. The lowest BCUT2D eigenvalue weighted by atomic mass is 10.1. The van der Waals surface area contributed by atoms with E-state index in [0.717, 1.165) is 25.9 Å². The maximum absolute atomic E-state index is 12.2. The van der Waals surface area contributed by atoms with Gasteiger partial charge in [-0.25, -0.2) is 4.79 Å². The summed E-state index contributed by atoms with van der Waals surface area (Å²) in [5.74, 6) is -0.0562. The van der Waals surface area contributed by atoms with Gasteiger partial charge in [-0.15, -0.1) is 0 Å². The Morgan fingerprint density at radius 3 is 2.76 bits per heavy atom. The van der Waals surface area contributed by atoms with Crippen LogP contribution in [0.25, 0.3) is 0 Å². The molecule has 1 rings (SSSR count). The maximum atomic E-state index is 12.2. The Balaban J connectivity index is 2.58. The SMILES string of the molecule is CCC[C@@H](NC(N)=O)C(=O)N(C)C1CCNC1. The Morgan fingerprint density at radius 2 is 2.29 bits per heavy atom. The zero-order chi connectivity index (χ0) is 12.8. The molecule has 0 saturated carbocycles. The van der Waals surface area contributed by atoms with Gasteiger partial charge in [0.1, 0.15) is 6.04 Å². The number of rotatable bonds is 5. The third kappa shape index (κ3) is 3.89. The lowest BCUT2D eigenvalue weighted by molar-refractivity contribution is -0.133. The van der Waals surface area contributed by atoms with Crippen LogP contribution in [0.1, 0.15) is 26.2 Å². The fourth-order valence-electron chi connectivity index (χ4n) is 2.11. The average Bonchev–Trinajstić information content (AvgIpc) is 2.79. The molecule has 0 radical (unpaired) electrons. The molecule has 17 heavy (non-hydrogen) atoms. The minimum absolute atomic E-state index is 0.0562. The largest absolute Gasteiger partial charge is 0.352 e. The van der Waals surface area contributed by atoms with Crippen molar-refractivity contribution in [1.82, 2.24) is 15.5 Å². The smallest absolute Gasteiger partial charge is 0.312 e. The van der Waals surface area contributed by atoms with Crippen LogP contribution in [0.5, 0.6) is 0 Å². The zero-order valence-corrected chi connectivity index (χ0v) is 10.5. The lowest BCUT2D eigenvalue weighted by Gasteiger charge is -2.28. The van der Waals surface area contributed by atoms with Gasteiger partial charge < -0.3 is 21.3 Å². The normalized spacial score (nSPS) is 20.9. The number of urea groups is 1. The van der Waals surface area contributed by atoms with E-state index in [1.54, 1.807) is 11.9 Å². The van der Waals surface area contributed by atoms with Crippen LogP contribution in [0.4, 0.5) is 4.79 Å². The fraction of sp³-hybridized carbons (Fsp3) is 0.818. The first-order chi connectivity index (χ1) is 8.06. The molecule has 1 unspecified atom stereocenters. The van der Waals surface area contributed by atoms with Gasteiger partial charge >= 0.3 is 6.03 Å². The summed E-state index contributed by atoms with van der Waals surface area (Å²) in [5, 5.41) is 5.73. The van der Waals surface area contributed by atoms with Gasteiger partial charge in [0.25, 0.3) is 0 Å². The van der Waals surface area contributed by atoms with Crippen LogP contribution >= 0.6 is 0 Å². The molecule has 0 aliphatic carbocycles. The molecular weight excluding hydrogens is 220 g/mol. The van der Waals surface area contributed by atoms with Crippen molar-refractivity contribution < 1.29 is 9.59 Å². The maximum Gasteiger partial charge on any atom is 0.312 e. The van der Waals surface area contributed by atoms with Gasteiger partial charge in [0.15, 0.2) is 0 Å². The van der Waals surface area contributed by atoms with E-state index in [2.05, 4.69) is 10.6 Å². The molecule has 4 N–H and O–H groups in total. The van der Waals surface area contributed by atoms with Gasteiger partial charge in [0.2, 0.25) is 5.91 Å². The molecule has 0 aromatic rings. The van der Waals surface area contributed by atoms with E-state index in [-0.39, 0.29) is 11.9 Å². The van der Waals surface area contributed by atoms with Crippen molar-refractivity contribution in [3.8, 4) is 0 Å². The highest BCUT2D eigenvalue weighted by Gasteiger charge is 2.28. The molecule has 1 saturated heterocycles. The highest BCUT2D eigenvalue weighted by Crippen LogP contribution is 2.10. The van der Waals surface area contributed by atoms with Gasteiger partial charge in [-0.05, 0) is 19.4 Å². The number of hydrogen-bond donors (Lipinski definition) is 3. The zero-order valence-electron chi connectivity index (χ0n) is 10.5. The lowest BCUT2D eigenvalue weighted by Crippen LogP contribution is -2.51. The fourth-order valence-corrected chi connectivity index (χ4v) is 2.11. The molecule has 2 atom stereocenters. The Labute approximate surface area is 102 Å². The van der Waals surface area contributed by atoms with E-state index < -0.39 is 12.1 Å². The molecule has 3 amide bonds. The van der Waals surface area contributed by atoms with Gasteiger partial charge in [0.05, 0.1) is 0 Å². The highest BCUT2D eigenvalue weighted by atomic mass is 16.2. The summed E-state index contributed by atoms with van der Waals surface area (Å²) < 4.78 is 0. The number of carbonyl (C=O) groups is 2. The summed E-state index contributed by atoms with van der Waals surface area (Å²) >= 11 is 0. The van der Waals surface area contributed by atoms with Crippen molar-refractivity contribution in [1.29, 1.82) is 0 Å². The first-order valence-corrected chi connectivity index (χ1v) is 6.09. The van der Waals surface area contributed by atoms with Gasteiger partial charge in [-0.2, -0.15) is 0 Å². The van der Waals surface area contributed by atoms with Gasteiger partial charge in [0, 0.05) is 19.6 Å². The predicted molar refractivity (Wildman–Crippen MR) is 65.5 cm³/mol. The van der Waals surface area contributed by atoms with E-state index in [1.807, 2.05) is 6.92 Å². The Morgan fingerprint density at radius 1 is 1.59 bits per heavy atom. The van der Waals surface area contributed by atoms with E-state index in [1.165, 1.54) is 0 Å². The van der Waals surface area contributed by atoms with Crippen LogP contribution in [0, 0.1) is 0 Å². The molecule has 1 fully saturated rings. The third-order valence-electron chi connectivity index (χ3n) is 3.12. The Kier molecular flexibility index (Phi) is 5.21. The minimum Gasteiger partial charge on any atom is -0.352 e. The minimum atomic E-state index is -0.644. The second-order valence-corrected chi connectivity index (χ2v) is 4.45. The van der Waals surface area contributed by atoms with Crippen molar-refractivity contribution in [2.75, 3.05) is 20.1 Å². The van der Waals surface area contributed by atoms with E-state index in [4.69, 9.17) is 5.73 Å². The summed E-state index contributed by atoms with van der Waals surface area (Å²) in [4.78, 5) is 24.8. The second kappa shape index (κ2) is 6.44. The first-order valence-electron chi connectivity index (χ1n) is 6.09. The quantitative estimate of drug-likeness (QED) is 0.615. The molecule has 6 nitrogen and oxygen atoms in total. The monoisotopic (exact) mass is 242 g/mol. The van der Waals surface area contributed by atoms with Crippen LogP contribution in [0.3, 0.4) is 0 Å². The van der Waals surface area contributed by atoms with Crippen LogP contribution in [0.2, 0.25) is 0 Å². The molecule has 0 spiro atoms. The van der Waals surface area contributed by atoms with Gasteiger partial charge in [-0.1, -0.05) is 13.3 Å². The van der Waals surface area contributed by atoms with E-state index in [0.29, 0.717) is 6.42 Å².